The first-order valence-electron chi connectivity index (χ1n) is 5.53. The molecule has 0 spiro atoms. The van der Waals surface area contributed by atoms with Crippen LogP contribution in [0.1, 0.15) is 0 Å². The van der Waals surface area contributed by atoms with Crippen molar-refractivity contribution in [2.45, 2.75) is 0 Å². The number of nitrogens with zero attached hydrogens (tertiary/aromatic N) is 1. The smallest absolute Gasteiger partial charge is 0.204 e. The molecule has 0 amide bonds. The van der Waals surface area contributed by atoms with Gasteiger partial charge in [0, 0.05) is 7.05 Å². The van der Waals surface area contributed by atoms with E-state index in [1.165, 1.54) is 12.1 Å². The maximum atomic E-state index is 12.3. The fourth-order valence-corrected chi connectivity index (χ4v) is 2.34. The van der Waals surface area contributed by atoms with Crippen molar-refractivity contribution in [2.24, 2.45) is 7.05 Å². The summed E-state index contributed by atoms with van der Waals surface area (Å²) in [6.45, 7) is 0. The Balaban J connectivity index is 2.76. The van der Waals surface area contributed by atoms with E-state index in [0.29, 0.717) is 11.0 Å². The van der Waals surface area contributed by atoms with Gasteiger partial charge in [-0.1, -0.05) is 12.1 Å². The first kappa shape index (κ1) is 10.7. The zero-order chi connectivity index (χ0) is 12.9. The Morgan fingerprint density at radius 3 is 1.78 bits per heavy atom. The number of benzene rings is 2. The number of aromatic hydroxyl groups is 2. The summed E-state index contributed by atoms with van der Waals surface area (Å²) in [7, 11) is 1.79. The van der Waals surface area contributed by atoms with Crippen LogP contribution in [-0.2, 0) is 7.05 Å². The summed E-state index contributed by atoms with van der Waals surface area (Å²) in [5.74, 6) is -0.142. The number of phenols is 2. The van der Waals surface area contributed by atoms with Gasteiger partial charge < -0.3 is 14.8 Å². The third kappa shape index (κ3) is 1.23. The van der Waals surface area contributed by atoms with Crippen LogP contribution in [0.15, 0.2) is 41.2 Å². The molecule has 0 aliphatic carbocycles. The van der Waals surface area contributed by atoms with Crippen LogP contribution in [0.2, 0.25) is 0 Å². The van der Waals surface area contributed by atoms with Crippen molar-refractivity contribution < 1.29 is 10.2 Å². The van der Waals surface area contributed by atoms with Crippen molar-refractivity contribution in [3.05, 3.63) is 46.6 Å². The molecular weight excluding hydrogens is 230 g/mol. The van der Waals surface area contributed by atoms with Gasteiger partial charge in [-0.15, -0.1) is 0 Å². The van der Waals surface area contributed by atoms with Crippen molar-refractivity contribution in [1.82, 2.24) is 4.57 Å². The maximum absolute atomic E-state index is 12.3. The summed E-state index contributed by atoms with van der Waals surface area (Å²) < 4.78 is 1.78. The van der Waals surface area contributed by atoms with Crippen molar-refractivity contribution in [3.8, 4) is 11.5 Å². The summed E-state index contributed by atoms with van der Waals surface area (Å²) in [6.07, 6.45) is 0. The normalized spacial score (nSPS) is 11.2. The van der Waals surface area contributed by atoms with Gasteiger partial charge in [0.25, 0.3) is 0 Å². The summed E-state index contributed by atoms with van der Waals surface area (Å²) in [5, 5.41) is 20.1. The number of aryl methyl sites for hydroxylation is 1. The molecule has 2 aromatic carbocycles. The molecule has 1 aromatic heterocycles. The van der Waals surface area contributed by atoms with E-state index in [1.54, 1.807) is 35.9 Å². The zero-order valence-corrected chi connectivity index (χ0v) is 9.71. The van der Waals surface area contributed by atoms with E-state index < -0.39 is 0 Å². The number of hydrogen-bond acceptors (Lipinski definition) is 3. The summed E-state index contributed by atoms with van der Waals surface area (Å²) in [4.78, 5) is 12.3. The molecule has 0 radical (unpaired) electrons. The molecule has 4 heteroatoms. The van der Waals surface area contributed by atoms with E-state index in [2.05, 4.69) is 0 Å². The van der Waals surface area contributed by atoms with Gasteiger partial charge in [-0.3, -0.25) is 4.79 Å². The predicted octanol–water partition coefficient (Wildman–Crippen LogP) is 2.10. The Labute approximate surface area is 102 Å². The van der Waals surface area contributed by atoms with Crippen LogP contribution in [-0.4, -0.2) is 14.8 Å². The van der Waals surface area contributed by atoms with Gasteiger partial charge in [-0.25, -0.2) is 0 Å². The van der Waals surface area contributed by atoms with Crippen LogP contribution in [0.25, 0.3) is 21.8 Å². The number of phenolic OH excluding ortho intramolecular Hbond substituents is 2. The molecule has 0 aliphatic rings. The third-order valence-electron chi connectivity index (χ3n) is 3.22. The maximum Gasteiger partial charge on any atom is 0.204 e. The number of pyridine rings is 1. The first-order chi connectivity index (χ1) is 8.61. The van der Waals surface area contributed by atoms with Crippen LogP contribution in [0, 0.1) is 0 Å². The van der Waals surface area contributed by atoms with Gasteiger partial charge in [0.05, 0.1) is 21.8 Å². The molecule has 90 valence electrons. The quantitative estimate of drug-likeness (QED) is 0.592. The lowest BCUT2D eigenvalue weighted by Crippen LogP contribution is -2.09. The van der Waals surface area contributed by atoms with Crippen LogP contribution in [0.5, 0.6) is 11.5 Å². The molecule has 0 atom stereocenters. The highest BCUT2D eigenvalue weighted by Crippen LogP contribution is 2.28. The third-order valence-corrected chi connectivity index (χ3v) is 3.22. The van der Waals surface area contributed by atoms with Gasteiger partial charge in [-0.2, -0.15) is 0 Å². The highest BCUT2D eigenvalue weighted by molar-refractivity contribution is 5.98. The van der Waals surface area contributed by atoms with Gasteiger partial charge >= 0.3 is 0 Å². The second-order valence-electron chi connectivity index (χ2n) is 4.23. The van der Waals surface area contributed by atoms with E-state index in [9.17, 15) is 15.0 Å². The molecule has 0 saturated heterocycles. The molecule has 3 rings (SSSR count). The van der Waals surface area contributed by atoms with Gasteiger partial charge in [-0.05, 0) is 24.3 Å². The van der Waals surface area contributed by atoms with E-state index >= 15 is 0 Å². The van der Waals surface area contributed by atoms with Crippen molar-refractivity contribution in [1.29, 1.82) is 0 Å². The SMILES string of the molecule is Cn1c2cccc(O)c2c(=O)c2c(O)cccc21. The largest absolute Gasteiger partial charge is 0.507 e. The number of hydrogen-bond donors (Lipinski definition) is 2. The fraction of sp³-hybridized carbons (Fsp3) is 0.0714. The van der Waals surface area contributed by atoms with E-state index in [4.69, 9.17) is 0 Å². The highest BCUT2D eigenvalue weighted by Gasteiger charge is 2.13. The molecule has 1 heterocycles. The molecule has 0 fully saturated rings. The monoisotopic (exact) mass is 241 g/mol. The molecule has 0 bridgehead atoms. The highest BCUT2D eigenvalue weighted by atomic mass is 16.3. The lowest BCUT2D eigenvalue weighted by atomic mass is 10.1. The lowest BCUT2D eigenvalue weighted by molar-refractivity contribution is 0.480. The Morgan fingerprint density at radius 2 is 1.33 bits per heavy atom. The topological polar surface area (TPSA) is 62.5 Å². The summed E-state index contributed by atoms with van der Waals surface area (Å²) >= 11 is 0. The molecule has 0 saturated carbocycles. The average molecular weight is 241 g/mol. The summed E-state index contributed by atoms with van der Waals surface area (Å²) in [6, 6.07) is 9.84. The van der Waals surface area contributed by atoms with Crippen LogP contribution >= 0.6 is 0 Å². The fourth-order valence-electron chi connectivity index (χ4n) is 2.34. The molecule has 2 N–H and O–H groups in total. The molecule has 0 aliphatic heterocycles. The van der Waals surface area contributed by atoms with Crippen molar-refractivity contribution >= 4 is 21.8 Å². The minimum Gasteiger partial charge on any atom is -0.507 e. The second kappa shape index (κ2) is 3.50. The van der Waals surface area contributed by atoms with Crippen molar-refractivity contribution in [2.75, 3.05) is 0 Å². The Bertz CT molecular complexity index is 768. The minimum atomic E-state index is -0.352. The van der Waals surface area contributed by atoms with Gasteiger partial charge in [0.2, 0.25) is 5.43 Å². The molecule has 4 nitrogen and oxygen atoms in total. The zero-order valence-electron chi connectivity index (χ0n) is 9.71. The van der Waals surface area contributed by atoms with Gasteiger partial charge in [0.15, 0.2) is 0 Å². The van der Waals surface area contributed by atoms with Gasteiger partial charge in [0.1, 0.15) is 11.5 Å². The molecular formula is C14H11NO3. The van der Waals surface area contributed by atoms with E-state index in [0.717, 1.165) is 0 Å². The number of aromatic nitrogens is 1. The predicted molar refractivity (Wildman–Crippen MR) is 70.0 cm³/mol. The minimum absolute atomic E-state index is 0.0711. The first-order valence-corrected chi connectivity index (χ1v) is 5.53. The Morgan fingerprint density at radius 1 is 0.889 bits per heavy atom. The second-order valence-corrected chi connectivity index (χ2v) is 4.23. The van der Waals surface area contributed by atoms with E-state index in [1.807, 2.05) is 0 Å². The number of rotatable bonds is 0. The number of fused-ring (bicyclic) bond motifs is 2. The standard InChI is InChI=1S/C14H11NO3/c1-15-8-4-2-6-10(16)12(8)14(18)13-9(15)5-3-7-11(13)17/h2-7,16-17H,1H3. The van der Waals surface area contributed by atoms with Crippen LogP contribution in [0.3, 0.4) is 0 Å². The van der Waals surface area contributed by atoms with Crippen molar-refractivity contribution in [3.63, 3.8) is 0 Å². The average Bonchev–Trinajstić information content (AvgIpc) is 2.35. The Hall–Kier alpha value is -2.49. The lowest BCUT2D eigenvalue weighted by Gasteiger charge is -2.11. The molecule has 0 unspecified atom stereocenters. The van der Waals surface area contributed by atoms with Crippen LogP contribution in [0.4, 0.5) is 0 Å². The Kier molecular flexibility index (Phi) is 2.07. The van der Waals surface area contributed by atoms with Crippen LogP contribution < -0.4 is 5.43 Å². The summed E-state index contributed by atoms with van der Waals surface area (Å²) in [5.41, 5.74) is 0.922. The van der Waals surface area contributed by atoms with E-state index in [-0.39, 0.29) is 27.7 Å². The molecule has 3 aromatic rings. The molecule has 18 heavy (non-hydrogen) atoms.